The van der Waals surface area contributed by atoms with Gasteiger partial charge >= 0.3 is 0 Å². The number of rotatable bonds is 6. The molecule has 0 spiro atoms. The summed E-state index contributed by atoms with van der Waals surface area (Å²) in [6.07, 6.45) is 0. The van der Waals surface area contributed by atoms with E-state index in [1.54, 1.807) is 28.0 Å². The first-order chi connectivity index (χ1) is 15.7. The summed E-state index contributed by atoms with van der Waals surface area (Å²) in [6.45, 7) is 4.48. The van der Waals surface area contributed by atoms with E-state index in [-0.39, 0.29) is 5.91 Å². The van der Waals surface area contributed by atoms with Crippen molar-refractivity contribution in [2.45, 2.75) is 17.8 Å². The van der Waals surface area contributed by atoms with E-state index in [2.05, 4.69) is 50.9 Å². The van der Waals surface area contributed by atoms with E-state index in [0.29, 0.717) is 37.8 Å². The van der Waals surface area contributed by atoms with Gasteiger partial charge in [0.1, 0.15) is 10.7 Å². The SMILES string of the molecule is Cc1cccc(-n2c(SCc3nc(C(=O)N4CCOCC4)cs3)nnc2-c2cccs2)c1. The number of hydrogen-bond donors (Lipinski definition) is 0. The molecule has 0 N–H and O–H groups in total. The number of thiazole rings is 1. The third-order valence-corrected chi connectivity index (χ3v) is 7.87. The number of amides is 1. The topological polar surface area (TPSA) is 73.1 Å². The molecule has 164 valence electrons. The summed E-state index contributed by atoms with van der Waals surface area (Å²) in [5.41, 5.74) is 2.71. The van der Waals surface area contributed by atoms with Crippen LogP contribution in [0.15, 0.2) is 52.3 Å². The second kappa shape index (κ2) is 9.53. The maximum absolute atomic E-state index is 12.7. The Hall–Kier alpha value is -2.53. The lowest BCUT2D eigenvalue weighted by atomic mass is 10.2. The number of hydrogen-bond acceptors (Lipinski definition) is 8. The number of carbonyl (C=O) groups excluding carboxylic acids is 1. The summed E-state index contributed by atoms with van der Waals surface area (Å²) >= 11 is 4.72. The molecule has 1 amide bonds. The molecule has 0 aliphatic carbocycles. The molecule has 0 radical (unpaired) electrons. The van der Waals surface area contributed by atoms with Crippen molar-refractivity contribution < 1.29 is 9.53 Å². The van der Waals surface area contributed by atoms with Gasteiger partial charge in [-0.1, -0.05) is 30.0 Å². The Kier molecular flexibility index (Phi) is 6.35. The van der Waals surface area contributed by atoms with Crippen LogP contribution in [-0.4, -0.2) is 56.9 Å². The number of aryl methyl sites for hydroxylation is 1. The van der Waals surface area contributed by atoms with Gasteiger partial charge in [-0.2, -0.15) is 0 Å². The molecule has 0 saturated carbocycles. The van der Waals surface area contributed by atoms with Gasteiger partial charge in [-0.25, -0.2) is 4.98 Å². The number of aromatic nitrogens is 4. The van der Waals surface area contributed by atoms with E-state index in [1.807, 2.05) is 22.9 Å². The van der Waals surface area contributed by atoms with E-state index in [4.69, 9.17) is 4.74 Å². The predicted octanol–water partition coefficient (Wildman–Crippen LogP) is 4.53. The van der Waals surface area contributed by atoms with Crippen molar-refractivity contribution in [3.8, 4) is 16.4 Å². The van der Waals surface area contributed by atoms with Crippen LogP contribution >= 0.6 is 34.4 Å². The predicted molar refractivity (Wildman–Crippen MR) is 128 cm³/mol. The molecule has 7 nitrogen and oxygen atoms in total. The van der Waals surface area contributed by atoms with Gasteiger partial charge in [0.2, 0.25) is 0 Å². The molecule has 10 heteroatoms. The van der Waals surface area contributed by atoms with E-state index in [1.165, 1.54) is 16.9 Å². The van der Waals surface area contributed by atoms with Crippen LogP contribution in [-0.2, 0) is 10.5 Å². The number of benzene rings is 1. The Morgan fingerprint density at radius 1 is 1.16 bits per heavy atom. The third-order valence-electron chi connectivity index (χ3n) is 5.03. The molecule has 3 aromatic heterocycles. The standard InChI is InChI=1S/C22H21N5O2S3/c1-15-4-2-5-16(12-15)27-20(18-6-3-11-30-18)24-25-22(27)32-14-19-23-17(13-31-19)21(28)26-7-9-29-10-8-26/h2-6,11-13H,7-10,14H2,1H3. The van der Waals surface area contributed by atoms with E-state index < -0.39 is 0 Å². The van der Waals surface area contributed by atoms with E-state index in [9.17, 15) is 4.79 Å². The molecular weight excluding hydrogens is 462 g/mol. The number of ether oxygens (including phenoxy) is 1. The fraction of sp³-hybridized carbons (Fsp3) is 0.273. The summed E-state index contributed by atoms with van der Waals surface area (Å²) in [5, 5.41) is 14.5. The normalized spacial score (nSPS) is 14.1. The minimum Gasteiger partial charge on any atom is -0.378 e. The zero-order valence-electron chi connectivity index (χ0n) is 17.4. The Morgan fingerprint density at radius 2 is 2.03 bits per heavy atom. The first-order valence-corrected chi connectivity index (χ1v) is 12.9. The Balaban J connectivity index is 1.37. The summed E-state index contributed by atoms with van der Waals surface area (Å²) < 4.78 is 7.43. The summed E-state index contributed by atoms with van der Waals surface area (Å²) in [7, 11) is 0. The van der Waals surface area contributed by atoms with Crippen LogP contribution in [0, 0.1) is 6.92 Å². The van der Waals surface area contributed by atoms with Gasteiger partial charge < -0.3 is 9.64 Å². The van der Waals surface area contributed by atoms with Gasteiger partial charge in [0, 0.05) is 18.5 Å². The molecule has 4 heterocycles. The molecule has 1 saturated heterocycles. The molecule has 1 fully saturated rings. The number of nitrogens with zero attached hydrogens (tertiary/aromatic N) is 5. The quantitative estimate of drug-likeness (QED) is 0.375. The van der Waals surface area contributed by atoms with Crippen LogP contribution in [0.25, 0.3) is 16.4 Å². The minimum absolute atomic E-state index is 0.0243. The molecule has 0 atom stereocenters. The van der Waals surface area contributed by atoms with Gasteiger partial charge in [-0.15, -0.1) is 32.9 Å². The van der Waals surface area contributed by atoms with Gasteiger partial charge in [0.05, 0.1) is 29.5 Å². The third kappa shape index (κ3) is 4.49. The average Bonchev–Trinajstić information content (AvgIpc) is 3.58. The molecule has 1 aromatic carbocycles. The highest BCUT2D eigenvalue weighted by molar-refractivity contribution is 7.98. The lowest BCUT2D eigenvalue weighted by molar-refractivity contribution is 0.0299. The van der Waals surface area contributed by atoms with Crippen LogP contribution < -0.4 is 0 Å². The first-order valence-electron chi connectivity index (χ1n) is 10.2. The lowest BCUT2D eigenvalue weighted by Gasteiger charge is -2.25. The maximum atomic E-state index is 12.7. The van der Waals surface area contributed by atoms with E-state index >= 15 is 0 Å². The highest BCUT2D eigenvalue weighted by Gasteiger charge is 2.22. The second-order valence-corrected chi connectivity index (χ2v) is 10.1. The molecule has 32 heavy (non-hydrogen) atoms. The molecule has 1 aliphatic heterocycles. The fourth-order valence-electron chi connectivity index (χ4n) is 3.46. The summed E-state index contributed by atoms with van der Waals surface area (Å²) in [6, 6.07) is 12.4. The Bertz CT molecular complexity index is 1210. The molecule has 0 bridgehead atoms. The number of thioether (sulfide) groups is 1. The first kappa shape index (κ1) is 21.3. The van der Waals surface area contributed by atoms with Crippen molar-refractivity contribution in [2.75, 3.05) is 26.3 Å². The molecule has 5 rings (SSSR count). The molecular formula is C22H21N5O2S3. The van der Waals surface area contributed by atoms with Crippen molar-refractivity contribution >= 4 is 40.3 Å². The molecule has 0 unspecified atom stereocenters. The fourth-order valence-corrected chi connectivity index (χ4v) is 5.90. The van der Waals surface area contributed by atoms with Crippen molar-refractivity contribution in [3.63, 3.8) is 0 Å². The lowest BCUT2D eigenvalue weighted by Crippen LogP contribution is -2.40. The van der Waals surface area contributed by atoms with Crippen LogP contribution in [0.1, 0.15) is 21.1 Å². The van der Waals surface area contributed by atoms with Gasteiger partial charge in [0.15, 0.2) is 11.0 Å². The summed E-state index contributed by atoms with van der Waals surface area (Å²) in [5.74, 6) is 1.43. The van der Waals surface area contributed by atoms with E-state index in [0.717, 1.165) is 26.6 Å². The van der Waals surface area contributed by atoms with Crippen molar-refractivity contribution in [3.05, 3.63) is 63.4 Å². The highest BCUT2D eigenvalue weighted by atomic mass is 32.2. The van der Waals surface area contributed by atoms with Crippen molar-refractivity contribution in [2.24, 2.45) is 0 Å². The van der Waals surface area contributed by atoms with Crippen LogP contribution in [0.5, 0.6) is 0 Å². The zero-order valence-corrected chi connectivity index (χ0v) is 19.9. The molecule has 1 aliphatic rings. The number of morpholine rings is 1. The molecule has 4 aromatic rings. The highest BCUT2D eigenvalue weighted by Crippen LogP contribution is 2.32. The Labute approximate surface area is 198 Å². The van der Waals surface area contributed by atoms with Crippen LogP contribution in [0.4, 0.5) is 0 Å². The Morgan fingerprint density at radius 3 is 2.81 bits per heavy atom. The number of carbonyl (C=O) groups is 1. The monoisotopic (exact) mass is 483 g/mol. The second-order valence-electron chi connectivity index (χ2n) is 7.28. The van der Waals surface area contributed by atoms with Gasteiger partial charge in [-0.05, 0) is 36.1 Å². The largest absolute Gasteiger partial charge is 0.378 e. The van der Waals surface area contributed by atoms with Crippen molar-refractivity contribution in [1.82, 2.24) is 24.6 Å². The van der Waals surface area contributed by atoms with Crippen LogP contribution in [0.2, 0.25) is 0 Å². The van der Waals surface area contributed by atoms with Gasteiger partial charge in [-0.3, -0.25) is 9.36 Å². The zero-order chi connectivity index (χ0) is 21.9. The van der Waals surface area contributed by atoms with Crippen LogP contribution in [0.3, 0.4) is 0 Å². The van der Waals surface area contributed by atoms with Gasteiger partial charge in [0.25, 0.3) is 5.91 Å². The maximum Gasteiger partial charge on any atom is 0.273 e. The average molecular weight is 484 g/mol. The summed E-state index contributed by atoms with van der Waals surface area (Å²) in [4.78, 5) is 20.1. The van der Waals surface area contributed by atoms with Crippen molar-refractivity contribution in [1.29, 1.82) is 0 Å². The number of thiophene rings is 1. The minimum atomic E-state index is -0.0243. The smallest absolute Gasteiger partial charge is 0.273 e.